The van der Waals surface area contributed by atoms with Crippen LogP contribution in [0.5, 0.6) is 5.75 Å². The molecule has 0 aliphatic carbocycles. The van der Waals surface area contributed by atoms with Gasteiger partial charge in [0.15, 0.2) is 6.04 Å². The fraction of sp³-hybridized carbons (Fsp3) is 0.130. The highest BCUT2D eigenvalue weighted by atomic mass is 16.3. The first kappa shape index (κ1) is 16.9. The number of benzene rings is 3. The lowest BCUT2D eigenvalue weighted by molar-refractivity contribution is 0.194. The van der Waals surface area contributed by atoms with Crippen molar-refractivity contribution in [3.8, 4) is 11.8 Å². The molecule has 132 valence electrons. The fourth-order valence-electron chi connectivity index (χ4n) is 3.51. The molecule has 1 heterocycles. The molecule has 1 N–H and O–H groups in total. The average Bonchev–Trinajstić information content (AvgIpc) is 3.16. The molecule has 1 aliphatic rings. The first-order valence-electron chi connectivity index (χ1n) is 8.91. The topological polar surface area (TPSA) is 59.6 Å². The molecule has 0 saturated heterocycles. The molecule has 27 heavy (non-hydrogen) atoms. The van der Waals surface area contributed by atoms with Crippen molar-refractivity contribution < 1.29 is 5.11 Å². The summed E-state index contributed by atoms with van der Waals surface area (Å²) in [7, 11) is 0. The molecular formula is C23H19N3O. The van der Waals surface area contributed by atoms with Crippen LogP contribution in [0.4, 0.5) is 0 Å². The summed E-state index contributed by atoms with van der Waals surface area (Å²) in [5, 5.41) is 26.8. The van der Waals surface area contributed by atoms with Crippen molar-refractivity contribution in [1.82, 2.24) is 5.01 Å². The molecule has 1 aliphatic heterocycles. The summed E-state index contributed by atoms with van der Waals surface area (Å²) in [6.07, 6.45) is 0.708. The second kappa shape index (κ2) is 7.35. The minimum Gasteiger partial charge on any atom is -0.508 e. The van der Waals surface area contributed by atoms with Gasteiger partial charge in [0.2, 0.25) is 0 Å². The van der Waals surface area contributed by atoms with Crippen molar-refractivity contribution in [3.05, 3.63) is 102 Å². The summed E-state index contributed by atoms with van der Waals surface area (Å²) >= 11 is 0. The van der Waals surface area contributed by atoms with E-state index in [1.807, 2.05) is 59.6 Å². The molecule has 4 heteroatoms. The van der Waals surface area contributed by atoms with Crippen molar-refractivity contribution in [2.45, 2.75) is 18.5 Å². The van der Waals surface area contributed by atoms with Gasteiger partial charge in [-0.2, -0.15) is 10.4 Å². The number of nitriles is 1. The number of hydrogen-bond donors (Lipinski definition) is 1. The molecule has 0 bridgehead atoms. The minimum atomic E-state index is -0.669. The molecule has 0 amide bonds. The first-order chi connectivity index (χ1) is 13.3. The van der Waals surface area contributed by atoms with E-state index in [2.05, 4.69) is 18.2 Å². The highest BCUT2D eigenvalue weighted by Gasteiger charge is 2.35. The molecule has 0 saturated carbocycles. The zero-order valence-electron chi connectivity index (χ0n) is 14.7. The first-order valence-corrected chi connectivity index (χ1v) is 8.91. The molecule has 4 nitrogen and oxygen atoms in total. The molecule has 0 aromatic heterocycles. The Kier molecular flexibility index (Phi) is 4.59. The van der Waals surface area contributed by atoms with Crippen molar-refractivity contribution in [1.29, 1.82) is 5.26 Å². The third-order valence-electron chi connectivity index (χ3n) is 4.85. The van der Waals surface area contributed by atoms with E-state index in [0.29, 0.717) is 12.0 Å². The summed E-state index contributed by atoms with van der Waals surface area (Å²) in [6.45, 7) is 0. The third kappa shape index (κ3) is 3.28. The lowest BCUT2D eigenvalue weighted by atomic mass is 9.96. The van der Waals surface area contributed by atoms with Gasteiger partial charge < -0.3 is 5.11 Å². The van der Waals surface area contributed by atoms with E-state index >= 15 is 0 Å². The monoisotopic (exact) mass is 353 g/mol. The summed E-state index contributed by atoms with van der Waals surface area (Å²) in [6, 6.07) is 28.7. The molecule has 0 spiro atoms. The standard InChI is InChI=1S/C23H19N3O/c24-16-22(19-13-7-8-14-23(19)27)26-21(18-11-5-2-6-12-18)15-20(25-26)17-9-3-1-4-10-17/h1-14,21-22,27H,15H2/t21-,22-/m0/s1. The molecule has 2 atom stereocenters. The Morgan fingerprint density at radius 1 is 0.926 bits per heavy atom. The molecular weight excluding hydrogens is 334 g/mol. The largest absolute Gasteiger partial charge is 0.508 e. The number of para-hydroxylation sites is 1. The predicted molar refractivity (Wildman–Crippen MR) is 105 cm³/mol. The zero-order valence-corrected chi connectivity index (χ0v) is 14.7. The van der Waals surface area contributed by atoms with Gasteiger partial charge in [-0.1, -0.05) is 78.9 Å². The van der Waals surface area contributed by atoms with E-state index < -0.39 is 6.04 Å². The van der Waals surface area contributed by atoms with E-state index in [0.717, 1.165) is 16.8 Å². The van der Waals surface area contributed by atoms with Gasteiger partial charge in [0.05, 0.1) is 17.8 Å². The minimum absolute atomic E-state index is 0.0642. The van der Waals surface area contributed by atoms with Crippen LogP contribution in [0.15, 0.2) is 90.0 Å². The van der Waals surface area contributed by atoms with Crippen molar-refractivity contribution in [2.75, 3.05) is 0 Å². The maximum absolute atomic E-state index is 10.3. The molecule has 3 aromatic rings. The van der Waals surface area contributed by atoms with Crippen LogP contribution in [-0.2, 0) is 0 Å². The quantitative estimate of drug-likeness (QED) is 0.732. The Bertz CT molecular complexity index is 993. The Labute approximate surface area is 158 Å². The summed E-state index contributed by atoms with van der Waals surface area (Å²) < 4.78 is 0. The van der Waals surface area contributed by atoms with Gasteiger partial charge in [-0.25, -0.2) is 0 Å². The van der Waals surface area contributed by atoms with Gasteiger partial charge in [-0.3, -0.25) is 5.01 Å². The van der Waals surface area contributed by atoms with Crippen LogP contribution in [0.3, 0.4) is 0 Å². The average molecular weight is 353 g/mol. The Balaban J connectivity index is 1.78. The Morgan fingerprint density at radius 2 is 1.56 bits per heavy atom. The van der Waals surface area contributed by atoms with Crippen LogP contribution in [0.25, 0.3) is 0 Å². The number of hydrogen-bond acceptors (Lipinski definition) is 4. The molecule has 3 aromatic carbocycles. The summed E-state index contributed by atoms with van der Waals surface area (Å²) in [5.74, 6) is 0.110. The second-order valence-electron chi connectivity index (χ2n) is 6.51. The molecule has 4 rings (SSSR count). The maximum Gasteiger partial charge on any atom is 0.162 e. The van der Waals surface area contributed by atoms with Gasteiger partial charge in [0.25, 0.3) is 0 Å². The van der Waals surface area contributed by atoms with Crippen LogP contribution in [0.1, 0.15) is 35.2 Å². The van der Waals surface area contributed by atoms with Gasteiger partial charge in [0, 0.05) is 12.0 Å². The van der Waals surface area contributed by atoms with Crippen LogP contribution in [0, 0.1) is 11.3 Å². The summed E-state index contributed by atoms with van der Waals surface area (Å²) in [5.41, 5.74) is 3.66. The lowest BCUT2D eigenvalue weighted by Crippen LogP contribution is -2.24. The van der Waals surface area contributed by atoms with Crippen molar-refractivity contribution in [3.63, 3.8) is 0 Å². The van der Waals surface area contributed by atoms with E-state index in [-0.39, 0.29) is 11.8 Å². The van der Waals surface area contributed by atoms with Crippen LogP contribution < -0.4 is 0 Å². The number of nitrogens with zero attached hydrogens (tertiary/aromatic N) is 3. The third-order valence-corrected chi connectivity index (χ3v) is 4.85. The normalized spacial score (nSPS) is 17.2. The fourth-order valence-corrected chi connectivity index (χ4v) is 3.51. The van der Waals surface area contributed by atoms with Gasteiger partial charge in [-0.05, 0) is 17.2 Å². The molecule has 0 unspecified atom stereocenters. The maximum atomic E-state index is 10.3. The van der Waals surface area contributed by atoms with Crippen molar-refractivity contribution >= 4 is 5.71 Å². The highest BCUT2D eigenvalue weighted by Crippen LogP contribution is 2.40. The number of phenolic OH excluding ortho intramolecular Hbond substituents is 1. The van der Waals surface area contributed by atoms with Crippen LogP contribution >= 0.6 is 0 Å². The number of aromatic hydroxyl groups is 1. The number of phenols is 1. The summed E-state index contributed by atoms with van der Waals surface area (Å²) in [4.78, 5) is 0. The van der Waals surface area contributed by atoms with Crippen molar-refractivity contribution in [2.24, 2.45) is 5.10 Å². The van der Waals surface area contributed by atoms with E-state index in [1.165, 1.54) is 0 Å². The van der Waals surface area contributed by atoms with E-state index in [4.69, 9.17) is 5.10 Å². The van der Waals surface area contributed by atoms with Gasteiger partial charge in [0.1, 0.15) is 5.75 Å². The van der Waals surface area contributed by atoms with Crippen LogP contribution in [0.2, 0.25) is 0 Å². The van der Waals surface area contributed by atoms with Gasteiger partial charge >= 0.3 is 0 Å². The van der Waals surface area contributed by atoms with Crippen LogP contribution in [-0.4, -0.2) is 15.8 Å². The highest BCUT2D eigenvalue weighted by molar-refractivity contribution is 6.01. The molecule has 0 fully saturated rings. The van der Waals surface area contributed by atoms with Gasteiger partial charge in [-0.15, -0.1) is 0 Å². The lowest BCUT2D eigenvalue weighted by Gasteiger charge is -2.28. The Hall–Kier alpha value is -3.58. The van der Waals surface area contributed by atoms with E-state index in [9.17, 15) is 10.4 Å². The molecule has 0 radical (unpaired) electrons. The smallest absolute Gasteiger partial charge is 0.162 e. The number of hydrazone groups is 1. The predicted octanol–water partition coefficient (Wildman–Crippen LogP) is 4.81. The SMILES string of the molecule is N#C[C@@H](c1ccccc1O)N1N=C(c2ccccc2)C[C@H]1c1ccccc1. The second-order valence-corrected chi connectivity index (χ2v) is 6.51. The zero-order chi connectivity index (χ0) is 18.6. The van der Waals surface area contributed by atoms with E-state index in [1.54, 1.807) is 18.2 Å². The number of rotatable bonds is 4. The Morgan fingerprint density at radius 3 is 2.22 bits per heavy atom.